The third kappa shape index (κ3) is 4.06. The van der Waals surface area contributed by atoms with Crippen LogP contribution in [-0.4, -0.2) is 88.3 Å². The van der Waals surface area contributed by atoms with Crippen LogP contribution in [0.25, 0.3) is 0 Å². The SMILES string of the molecule is C[C@@H]1CN(c2ncnc3c2C(C)(C)CN3c2cc(C(F)F)c(C#N)nn2)[C@@H](C)CN1C(=O)[C@@]1(CF)CCS1(=O)=O. The Morgan fingerprint density at radius 1 is 1.18 bits per heavy atom. The lowest BCUT2D eigenvalue weighted by Gasteiger charge is -2.49. The Morgan fingerprint density at radius 2 is 1.88 bits per heavy atom. The molecule has 0 spiro atoms. The summed E-state index contributed by atoms with van der Waals surface area (Å²) < 4.78 is 64.0. The molecule has 5 heterocycles. The van der Waals surface area contributed by atoms with E-state index < -0.39 is 56.3 Å². The molecule has 11 nitrogen and oxygen atoms in total. The highest BCUT2D eigenvalue weighted by molar-refractivity contribution is 7.95. The number of nitrogens with zero attached hydrogens (tertiary/aromatic N) is 8. The summed E-state index contributed by atoms with van der Waals surface area (Å²) in [6, 6.07) is 2.05. The number of aromatic nitrogens is 4. The first-order valence-corrected chi connectivity index (χ1v) is 14.5. The van der Waals surface area contributed by atoms with Gasteiger partial charge in [-0.3, -0.25) is 4.79 Å². The summed E-state index contributed by atoms with van der Waals surface area (Å²) in [6.07, 6.45) is -1.57. The Labute approximate surface area is 229 Å². The number of carbonyl (C=O) groups excluding carboxylic acids is 1. The molecule has 0 aromatic carbocycles. The number of fused-ring (bicyclic) bond motifs is 1. The molecule has 0 aliphatic carbocycles. The van der Waals surface area contributed by atoms with E-state index in [9.17, 15) is 26.4 Å². The van der Waals surface area contributed by atoms with Crippen LogP contribution in [0, 0.1) is 11.3 Å². The first-order valence-electron chi connectivity index (χ1n) is 12.8. The molecule has 40 heavy (non-hydrogen) atoms. The van der Waals surface area contributed by atoms with Gasteiger partial charge in [0.25, 0.3) is 6.43 Å². The van der Waals surface area contributed by atoms with Crippen LogP contribution in [0.3, 0.4) is 0 Å². The molecule has 214 valence electrons. The van der Waals surface area contributed by atoms with Crippen LogP contribution in [0.2, 0.25) is 0 Å². The van der Waals surface area contributed by atoms with Crippen molar-refractivity contribution in [3.63, 3.8) is 0 Å². The van der Waals surface area contributed by atoms with E-state index in [-0.39, 0.29) is 30.6 Å². The van der Waals surface area contributed by atoms with Gasteiger partial charge < -0.3 is 14.7 Å². The number of hydrogen-bond donors (Lipinski definition) is 0. The van der Waals surface area contributed by atoms with E-state index >= 15 is 0 Å². The van der Waals surface area contributed by atoms with Gasteiger partial charge in [-0.15, -0.1) is 10.2 Å². The van der Waals surface area contributed by atoms with Gasteiger partial charge in [-0.1, -0.05) is 13.8 Å². The predicted molar refractivity (Wildman–Crippen MR) is 139 cm³/mol. The maximum absolute atomic E-state index is 14.0. The second-order valence-corrected chi connectivity index (χ2v) is 13.7. The molecule has 0 bridgehead atoms. The number of hydrogen-bond acceptors (Lipinski definition) is 10. The number of anilines is 3. The van der Waals surface area contributed by atoms with E-state index in [1.165, 1.54) is 11.2 Å². The zero-order valence-corrected chi connectivity index (χ0v) is 23.3. The lowest BCUT2D eigenvalue weighted by molar-refractivity contribution is -0.138. The third-order valence-electron chi connectivity index (χ3n) is 8.22. The van der Waals surface area contributed by atoms with Crippen LogP contribution in [-0.2, 0) is 20.0 Å². The molecule has 3 aliphatic heterocycles. The second kappa shape index (κ2) is 9.53. The van der Waals surface area contributed by atoms with Crippen molar-refractivity contribution in [1.29, 1.82) is 5.26 Å². The molecule has 1 amide bonds. The summed E-state index contributed by atoms with van der Waals surface area (Å²) in [5, 5.41) is 16.9. The number of rotatable bonds is 5. The maximum Gasteiger partial charge on any atom is 0.266 e. The molecule has 0 unspecified atom stereocenters. The van der Waals surface area contributed by atoms with E-state index in [0.29, 0.717) is 24.7 Å². The van der Waals surface area contributed by atoms with Crippen molar-refractivity contribution in [1.82, 2.24) is 25.1 Å². The monoisotopic (exact) mass is 578 g/mol. The summed E-state index contributed by atoms with van der Waals surface area (Å²) in [5.41, 5.74) is -0.766. The predicted octanol–water partition coefficient (Wildman–Crippen LogP) is 2.46. The van der Waals surface area contributed by atoms with Gasteiger partial charge in [0.1, 0.15) is 30.7 Å². The molecule has 2 fully saturated rings. The molecule has 2 aromatic heterocycles. The number of amides is 1. The zero-order chi connectivity index (χ0) is 29.2. The maximum atomic E-state index is 14.0. The summed E-state index contributed by atoms with van der Waals surface area (Å²) in [5.74, 6) is 0.281. The Hall–Kier alpha value is -3.54. The highest BCUT2D eigenvalue weighted by Crippen LogP contribution is 2.47. The molecule has 3 aliphatic rings. The van der Waals surface area contributed by atoms with E-state index in [1.54, 1.807) is 17.9 Å². The first-order chi connectivity index (χ1) is 18.8. The van der Waals surface area contributed by atoms with Gasteiger partial charge >= 0.3 is 0 Å². The smallest absolute Gasteiger partial charge is 0.266 e. The fourth-order valence-corrected chi connectivity index (χ4v) is 7.42. The van der Waals surface area contributed by atoms with Gasteiger partial charge in [0.05, 0.1) is 11.3 Å². The quantitative estimate of drug-likeness (QED) is 0.520. The molecule has 2 aromatic rings. The van der Waals surface area contributed by atoms with Crippen molar-refractivity contribution in [3.05, 3.63) is 29.2 Å². The van der Waals surface area contributed by atoms with Gasteiger partial charge in [0.15, 0.2) is 26.1 Å². The Balaban J connectivity index is 1.48. The lowest BCUT2D eigenvalue weighted by atomic mass is 9.87. The molecular weight excluding hydrogens is 549 g/mol. The van der Waals surface area contributed by atoms with Crippen LogP contribution in [0.1, 0.15) is 57.4 Å². The van der Waals surface area contributed by atoms with Gasteiger partial charge in [-0.25, -0.2) is 31.6 Å². The van der Waals surface area contributed by atoms with Crippen LogP contribution in [0.5, 0.6) is 0 Å². The summed E-state index contributed by atoms with van der Waals surface area (Å²) in [7, 11) is -3.84. The highest BCUT2D eigenvalue weighted by atomic mass is 32.2. The molecule has 0 saturated carbocycles. The minimum Gasteiger partial charge on any atom is -0.350 e. The number of piperazine rings is 1. The number of nitriles is 1. The standard InChI is InChI=1S/C25H29F3N8O3S/c1-14-10-35(23(37)25(11-26)5-6-40(25,38)39)15(2)9-34(14)21-19-22(31-13-30-21)36(12-24(19,3)4)18-7-16(20(27)28)17(8-29)32-33-18/h7,13-15,20H,5-6,9-12H2,1-4H3/t14-,15+,25-/m0/s1. The fraction of sp³-hybridized carbons (Fsp3) is 0.600. The van der Waals surface area contributed by atoms with Crippen molar-refractivity contribution in [2.75, 3.05) is 41.9 Å². The molecular formula is C25H29F3N8O3S. The summed E-state index contributed by atoms with van der Waals surface area (Å²) in [6.45, 7) is 7.14. The Bertz CT molecular complexity index is 1510. The molecule has 0 radical (unpaired) electrons. The van der Waals surface area contributed by atoms with Crippen molar-refractivity contribution in [3.8, 4) is 6.07 Å². The first kappa shape index (κ1) is 28.0. The normalized spacial score (nSPS) is 26.8. The lowest BCUT2D eigenvalue weighted by Crippen LogP contribution is -2.68. The van der Waals surface area contributed by atoms with E-state index in [1.807, 2.05) is 25.7 Å². The van der Waals surface area contributed by atoms with Crippen molar-refractivity contribution in [2.24, 2.45) is 0 Å². The second-order valence-electron chi connectivity index (χ2n) is 11.3. The fourth-order valence-electron chi connectivity index (χ4n) is 5.84. The Kier molecular flexibility index (Phi) is 6.67. The Morgan fingerprint density at radius 3 is 2.45 bits per heavy atom. The van der Waals surface area contributed by atoms with Gasteiger partial charge in [-0.05, 0) is 26.3 Å². The molecule has 2 saturated heterocycles. The van der Waals surface area contributed by atoms with E-state index in [0.717, 1.165) is 11.6 Å². The van der Waals surface area contributed by atoms with Crippen LogP contribution in [0.4, 0.5) is 30.6 Å². The minimum absolute atomic E-state index is 0.0268. The van der Waals surface area contributed by atoms with Crippen molar-refractivity contribution in [2.45, 2.75) is 62.8 Å². The third-order valence-corrected chi connectivity index (χ3v) is 10.6. The van der Waals surface area contributed by atoms with Gasteiger partial charge in [0, 0.05) is 42.7 Å². The average molecular weight is 579 g/mol. The molecule has 3 atom stereocenters. The largest absolute Gasteiger partial charge is 0.350 e. The number of sulfone groups is 1. The zero-order valence-electron chi connectivity index (χ0n) is 22.5. The number of halogens is 3. The van der Waals surface area contributed by atoms with E-state index in [4.69, 9.17) is 5.26 Å². The van der Waals surface area contributed by atoms with Gasteiger partial charge in [-0.2, -0.15) is 5.26 Å². The van der Waals surface area contributed by atoms with Crippen LogP contribution >= 0.6 is 0 Å². The van der Waals surface area contributed by atoms with Crippen molar-refractivity contribution < 1.29 is 26.4 Å². The van der Waals surface area contributed by atoms with Crippen LogP contribution < -0.4 is 9.80 Å². The minimum atomic E-state index is -3.84. The highest BCUT2D eigenvalue weighted by Gasteiger charge is 2.60. The topological polar surface area (TPSA) is 136 Å². The average Bonchev–Trinajstić information content (AvgIpc) is 3.20. The molecule has 5 rings (SSSR count). The van der Waals surface area contributed by atoms with Gasteiger partial charge in [0.2, 0.25) is 5.91 Å². The van der Waals surface area contributed by atoms with Crippen molar-refractivity contribution >= 4 is 33.2 Å². The summed E-state index contributed by atoms with van der Waals surface area (Å²) in [4.78, 5) is 27.5. The molecule has 15 heteroatoms. The molecule has 0 N–H and O–H groups in total. The van der Waals surface area contributed by atoms with Crippen LogP contribution in [0.15, 0.2) is 12.4 Å². The number of carbonyl (C=O) groups is 1. The van der Waals surface area contributed by atoms with E-state index in [2.05, 4.69) is 20.2 Å². The summed E-state index contributed by atoms with van der Waals surface area (Å²) >= 11 is 0. The number of alkyl halides is 3.